The zero-order valence-corrected chi connectivity index (χ0v) is 8.33. The van der Waals surface area contributed by atoms with Crippen LogP contribution in [0.15, 0.2) is 29.6 Å². The first kappa shape index (κ1) is 11.2. The first-order valence-electron chi connectivity index (χ1n) is 4.61. The van der Waals surface area contributed by atoms with Gasteiger partial charge in [0.15, 0.2) is 11.7 Å². The smallest absolute Gasteiger partial charge is 0.256 e. The number of nitro groups is 1. The number of hydrogen-bond donors (Lipinski definition) is 0. The fourth-order valence-corrected chi connectivity index (χ4v) is 1.06. The Morgan fingerprint density at radius 2 is 2.60 bits per heavy atom. The molecule has 1 aliphatic heterocycles. The van der Waals surface area contributed by atoms with E-state index in [1.807, 2.05) is 0 Å². The summed E-state index contributed by atoms with van der Waals surface area (Å²) in [6.07, 6.45) is 6.40. The summed E-state index contributed by atoms with van der Waals surface area (Å²) in [6, 6.07) is 0. The molecule has 0 fully saturated rings. The predicted octanol–water partition coefficient (Wildman–Crippen LogP) is 1.35. The first-order chi connectivity index (χ1) is 7.25. The third kappa shape index (κ3) is 3.41. The molecule has 1 rings (SSSR count). The maximum absolute atomic E-state index is 10.6. The predicted molar refractivity (Wildman–Crippen MR) is 55.7 cm³/mol. The number of hydrogen-bond acceptors (Lipinski definition) is 4. The van der Waals surface area contributed by atoms with Crippen LogP contribution in [0.1, 0.15) is 12.8 Å². The van der Waals surface area contributed by atoms with Crippen LogP contribution in [0, 0.1) is 10.1 Å². The van der Waals surface area contributed by atoms with Crippen molar-refractivity contribution in [2.24, 2.45) is 4.99 Å². The van der Waals surface area contributed by atoms with E-state index in [1.165, 1.54) is 12.3 Å². The van der Waals surface area contributed by atoms with Crippen molar-refractivity contribution in [3.63, 3.8) is 0 Å². The molecule has 0 aromatic carbocycles. The van der Waals surface area contributed by atoms with Crippen LogP contribution < -0.4 is 0 Å². The van der Waals surface area contributed by atoms with Gasteiger partial charge in [-0.15, -0.1) is 6.58 Å². The van der Waals surface area contributed by atoms with Gasteiger partial charge >= 0.3 is 0 Å². The second-order valence-electron chi connectivity index (χ2n) is 2.89. The van der Waals surface area contributed by atoms with E-state index in [4.69, 9.17) is 4.74 Å². The standard InChI is InChI=1S/C9H13N3O3/c1-2-3-4-7-15-9-5-6-10-8-11(9)12(13)14/h2,5-6H,1,3-4,7-8H2. The van der Waals surface area contributed by atoms with Gasteiger partial charge in [-0.05, 0) is 17.9 Å². The average molecular weight is 211 g/mol. The minimum Gasteiger partial charge on any atom is -0.475 e. The van der Waals surface area contributed by atoms with Crippen molar-refractivity contribution in [2.45, 2.75) is 12.8 Å². The third-order valence-electron chi connectivity index (χ3n) is 1.79. The Morgan fingerprint density at radius 1 is 1.80 bits per heavy atom. The van der Waals surface area contributed by atoms with Crippen LogP contribution in [-0.2, 0) is 4.74 Å². The molecule has 1 aliphatic rings. The van der Waals surface area contributed by atoms with Gasteiger partial charge in [0.1, 0.15) is 0 Å². The van der Waals surface area contributed by atoms with Crippen LogP contribution in [0.3, 0.4) is 0 Å². The number of ether oxygens (including phenoxy) is 1. The molecule has 0 aromatic rings. The fraction of sp³-hybridized carbons (Fsp3) is 0.444. The molecule has 1 heterocycles. The van der Waals surface area contributed by atoms with Crippen molar-refractivity contribution < 1.29 is 9.77 Å². The van der Waals surface area contributed by atoms with E-state index in [9.17, 15) is 10.1 Å². The van der Waals surface area contributed by atoms with Crippen LogP contribution in [-0.4, -0.2) is 29.5 Å². The largest absolute Gasteiger partial charge is 0.475 e. The molecule has 0 spiro atoms. The normalized spacial score (nSPS) is 14.7. The van der Waals surface area contributed by atoms with E-state index in [2.05, 4.69) is 11.6 Å². The molecule has 0 bridgehead atoms. The van der Waals surface area contributed by atoms with Crippen molar-refractivity contribution in [1.82, 2.24) is 5.01 Å². The number of rotatable bonds is 6. The Morgan fingerprint density at radius 3 is 3.27 bits per heavy atom. The molecule has 0 saturated carbocycles. The number of hydrazine groups is 1. The number of aliphatic imine (C=N–C) groups is 1. The van der Waals surface area contributed by atoms with E-state index in [0.29, 0.717) is 6.61 Å². The van der Waals surface area contributed by atoms with E-state index in [1.54, 1.807) is 6.08 Å². The van der Waals surface area contributed by atoms with Crippen LogP contribution >= 0.6 is 0 Å². The van der Waals surface area contributed by atoms with E-state index >= 15 is 0 Å². The van der Waals surface area contributed by atoms with Gasteiger partial charge in [-0.25, -0.2) is 10.1 Å². The van der Waals surface area contributed by atoms with Crippen molar-refractivity contribution >= 4 is 6.21 Å². The second-order valence-corrected chi connectivity index (χ2v) is 2.89. The maximum atomic E-state index is 10.6. The maximum Gasteiger partial charge on any atom is 0.256 e. The number of allylic oxidation sites excluding steroid dienone is 2. The molecule has 0 radical (unpaired) electrons. The molecule has 0 atom stereocenters. The Hall–Kier alpha value is -1.85. The molecule has 0 unspecified atom stereocenters. The SMILES string of the molecule is C=CCCCOC1=CC=NCN1[N+](=O)[O-]. The summed E-state index contributed by atoms with van der Waals surface area (Å²) in [5.41, 5.74) is 0. The second kappa shape index (κ2) is 5.79. The van der Waals surface area contributed by atoms with Gasteiger partial charge in [0.2, 0.25) is 0 Å². The molecule has 0 N–H and O–H groups in total. The highest BCUT2D eigenvalue weighted by molar-refractivity contribution is 5.72. The van der Waals surface area contributed by atoms with Gasteiger partial charge in [0.05, 0.1) is 6.61 Å². The lowest BCUT2D eigenvalue weighted by Crippen LogP contribution is -2.32. The van der Waals surface area contributed by atoms with E-state index in [-0.39, 0.29) is 12.6 Å². The number of nitrogens with zero attached hydrogens (tertiary/aromatic N) is 3. The fourth-order valence-electron chi connectivity index (χ4n) is 1.06. The van der Waals surface area contributed by atoms with Crippen molar-refractivity contribution in [3.8, 4) is 0 Å². The zero-order valence-electron chi connectivity index (χ0n) is 8.33. The molecule has 6 heteroatoms. The van der Waals surface area contributed by atoms with Crippen molar-refractivity contribution in [1.29, 1.82) is 0 Å². The quantitative estimate of drug-likeness (QED) is 0.288. The summed E-state index contributed by atoms with van der Waals surface area (Å²) >= 11 is 0. The first-order valence-corrected chi connectivity index (χ1v) is 4.61. The molecular weight excluding hydrogens is 198 g/mol. The van der Waals surface area contributed by atoms with Crippen molar-refractivity contribution in [3.05, 3.63) is 34.7 Å². The third-order valence-corrected chi connectivity index (χ3v) is 1.79. The Balaban J connectivity index is 2.42. The molecule has 15 heavy (non-hydrogen) atoms. The molecule has 82 valence electrons. The summed E-state index contributed by atoms with van der Waals surface area (Å²) in [5, 5.41) is 10.9. The monoisotopic (exact) mass is 211 g/mol. The molecule has 6 nitrogen and oxygen atoms in total. The Kier molecular flexibility index (Phi) is 4.33. The average Bonchev–Trinajstić information content (AvgIpc) is 2.25. The lowest BCUT2D eigenvalue weighted by molar-refractivity contribution is -0.650. The van der Waals surface area contributed by atoms with Crippen LogP contribution in [0.25, 0.3) is 0 Å². The van der Waals surface area contributed by atoms with Gasteiger partial charge in [0.25, 0.3) is 5.88 Å². The topological polar surface area (TPSA) is 68.0 Å². The minimum atomic E-state index is -0.532. The summed E-state index contributed by atoms with van der Waals surface area (Å²) in [6.45, 7) is 4.02. The van der Waals surface area contributed by atoms with E-state index < -0.39 is 5.03 Å². The van der Waals surface area contributed by atoms with Gasteiger partial charge < -0.3 is 4.74 Å². The minimum absolute atomic E-state index is 0.000289. The highest BCUT2D eigenvalue weighted by Gasteiger charge is 2.22. The summed E-state index contributed by atoms with van der Waals surface area (Å²) in [5.74, 6) is 0.235. The Bertz CT molecular complexity index is 299. The molecule has 0 saturated heterocycles. The summed E-state index contributed by atoms with van der Waals surface area (Å²) in [4.78, 5) is 14.3. The van der Waals surface area contributed by atoms with Gasteiger partial charge in [-0.1, -0.05) is 6.08 Å². The summed E-state index contributed by atoms with van der Waals surface area (Å²) in [7, 11) is 0. The Labute approximate surface area is 87.7 Å². The molecular formula is C9H13N3O3. The highest BCUT2D eigenvalue weighted by atomic mass is 16.7. The lowest BCUT2D eigenvalue weighted by Gasteiger charge is -2.17. The van der Waals surface area contributed by atoms with E-state index in [0.717, 1.165) is 17.9 Å². The highest BCUT2D eigenvalue weighted by Crippen LogP contribution is 2.10. The number of unbranched alkanes of at least 4 members (excludes halogenated alkanes) is 1. The van der Waals surface area contributed by atoms with Gasteiger partial charge in [-0.3, -0.25) is 4.99 Å². The van der Waals surface area contributed by atoms with Crippen molar-refractivity contribution in [2.75, 3.05) is 13.3 Å². The lowest BCUT2D eigenvalue weighted by atomic mass is 10.3. The molecule has 0 aromatic heterocycles. The van der Waals surface area contributed by atoms with Crippen LogP contribution in [0.4, 0.5) is 0 Å². The van der Waals surface area contributed by atoms with Gasteiger partial charge in [0, 0.05) is 12.3 Å². The zero-order chi connectivity index (χ0) is 11.1. The van der Waals surface area contributed by atoms with Crippen LogP contribution in [0.5, 0.6) is 0 Å². The van der Waals surface area contributed by atoms with Gasteiger partial charge in [-0.2, -0.15) is 0 Å². The summed E-state index contributed by atoms with van der Waals surface area (Å²) < 4.78 is 5.27. The molecule has 0 amide bonds. The molecule has 0 aliphatic carbocycles. The van der Waals surface area contributed by atoms with Crippen LogP contribution in [0.2, 0.25) is 0 Å².